The molecule has 0 spiro atoms. The van der Waals surface area contributed by atoms with E-state index in [1.54, 1.807) is 13.0 Å². The molecule has 148 valence electrons. The number of anilines is 1. The Labute approximate surface area is 174 Å². The summed E-state index contributed by atoms with van der Waals surface area (Å²) in [5.41, 5.74) is 0.455. The maximum Gasteiger partial charge on any atom is 0.268 e. The molecule has 0 saturated carbocycles. The van der Waals surface area contributed by atoms with E-state index in [-0.39, 0.29) is 22.4 Å². The largest absolute Gasteiger partial charge is 0.333 e. The molecule has 4 rings (SSSR count). The van der Waals surface area contributed by atoms with E-state index in [9.17, 15) is 12.8 Å². The summed E-state index contributed by atoms with van der Waals surface area (Å²) in [6.45, 7) is 1.67. The van der Waals surface area contributed by atoms with Crippen molar-refractivity contribution in [3.05, 3.63) is 64.4 Å². The predicted molar refractivity (Wildman–Crippen MR) is 108 cm³/mol. The van der Waals surface area contributed by atoms with Crippen LogP contribution in [0.5, 0.6) is 0 Å². The first-order valence-electron chi connectivity index (χ1n) is 8.17. The van der Waals surface area contributed by atoms with E-state index in [0.29, 0.717) is 20.3 Å². The van der Waals surface area contributed by atoms with Gasteiger partial charge in [0.05, 0.1) is 9.90 Å². The normalized spacial score (nSPS) is 11.6. The summed E-state index contributed by atoms with van der Waals surface area (Å²) >= 11 is 6.96. The van der Waals surface area contributed by atoms with Crippen LogP contribution in [0.4, 0.5) is 10.2 Å². The minimum atomic E-state index is -3.88. The zero-order chi connectivity index (χ0) is 20.6. The molecule has 0 saturated heterocycles. The molecule has 0 aliphatic carbocycles. The third kappa shape index (κ3) is 4.14. The molecule has 0 amide bonds. The minimum absolute atomic E-state index is 0.0692. The Balaban J connectivity index is 1.63. The Kier molecular flexibility index (Phi) is 5.07. The Bertz CT molecular complexity index is 1290. The van der Waals surface area contributed by atoms with Crippen LogP contribution in [0.2, 0.25) is 5.02 Å². The van der Waals surface area contributed by atoms with Crippen LogP contribution < -0.4 is 4.72 Å². The maximum atomic E-state index is 13.4. The quantitative estimate of drug-likeness (QED) is 0.470. The lowest BCUT2D eigenvalue weighted by molar-refractivity contribution is 0.433. The molecule has 1 N–H and O–H groups in total. The number of pyridine rings is 1. The molecule has 3 heterocycles. The van der Waals surface area contributed by atoms with Gasteiger partial charge in [-0.25, -0.2) is 17.8 Å². The molecule has 0 aliphatic heterocycles. The molecule has 11 heteroatoms. The van der Waals surface area contributed by atoms with Gasteiger partial charge in [-0.15, -0.1) is 11.3 Å². The highest BCUT2D eigenvalue weighted by Gasteiger charge is 2.23. The second kappa shape index (κ2) is 7.54. The minimum Gasteiger partial charge on any atom is -0.333 e. The highest BCUT2D eigenvalue weighted by Crippen LogP contribution is 2.34. The average molecular weight is 451 g/mol. The number of hydrogen-bond acceptors (Lipinski definition) is 7. The molecule has 3 aromatic heterocycles. The van der Waals surface area contributed by atoms with Gasteiger partial charge in [0.25, 0.3) is 15.9 Å². The molecule has 0 radical (unpaired) electrons. The Hall–Kier alpha value is -2.82. The Morgan fingerprint density at radius 2 is 2.03 bits per heavy atom. The first-order valence-corrected chi connectivity index (χ1v) is 10.8. The van der Waals surface area contributed by atoms with Gasteiger partial charge in [-0.3, -0.25) is 4.72 Å². The van der Waals surface area contributed by atoms with Crippen LogP contribution in [0.25, 0.3) is 22.2 Å². The van der Waals surface area contributed by atoms with Crippen LogP contribution in [-0.2, 0) is 10.0 Å². The van der Waals surface area contributed by atoms with Crippen molar-refractivity contribution >= 4 is 38.8 Å². The number of thiophene rings is 1. The molecule has 0 atom stereocenters. The number of aromatic nitrogens is 3. The SMILES string of the molecule is Cc1sc(-c2nc(-c3cccc(F)c3)no2)cc1S(=O)(=O)Nc1ccc(Cl)cn1. The maximum absolute atomic E-state index is 13.4. The summed E-state index contributed by atoms with van der Waals surface area (Å²) in [6, 6.07) is 10.2. The van der Waals surface area contributed by atoms with Crippen LogP contribution in [-0.4, -0.2) is 23.5 Å². The standard InChI is InChI=1S/C18H12ClFN4O3S2/c1-10-15(29(25,26)24-16-6-5-12(19)9-21-16)8-14(28-10)18-22-17(23-27-18)11-3-2-4-13(20)7-11/h2-9H,1H3,(H,21,24). The molecule has 0 aliphatic rings. The van der Waals surface area contributed by atoms with E-state index in [4.69, 9.17) is 16.1 Å². The van der Waals surface area contributed by atoms with Crippen molar-refractivity contribution in [3.63, 3.8) is 0 Å². The van der Waals surface area contributed by atoms with E-state index in [2.05, 4.69) is 19.8 Å². The monoisotopic (exact) mass is 450 g/mol. The van der Waals surface area contributed by atoms with Crippen LogP contribution in [0.3, 0.4) is 0 Å². The lowest BCUT2D eigenvalue weighted by Gasteiger charge is -2.06. The number of halogens is 2. The van der Waals surface area contributed by atoms with E-state index in [0.717, 1.165) is 0 Å². The number of rotatable bonds is 5. The highest BCUT2D eigenvalue weighted by atomic mass is 35.5. The summed E-state index contributed by atoms with van der Waals surface area (Å²) in [4.78, 5) is 9.26. The van der Waals surface area contributed by atoms with Crippen LogP contribution in [0.15, 0.2) is 58.1 Å². The molecule has 0 fully saturated rings. The summed E-state index contributed by atoms with van der Waals surface area (Å²) in [7, 11) is -3.88. The third-order valence-electron chi connectivity index (χ3n) is 3.85. The van der Waals surface area contributed by atoms with Crippen molar-refractivity contribution in [1.29, 1.82) is 0 Å². The zero-order valence-electron chi connectivity index (χ0n) is 14.8. The molecule has 7 nitrogen and oxygen atoms in total. The molecule has 29 heavy (non-hydrogen) atoms. The molecule has 4 aromatic rings. The molecule has 0 bridgehead atoms. The first-order chi connectivity index (χ1) is 13.8. The topological polar surface area (TPSA) is 98.0 Å². The van der Waals surface area contributed by atoms with Gasteiger partial charge in [0.1, 0.15) is 16.5 Å². The van der Waals surface area contributed by atoms with Gasteiger partial charge in [-0.1, -0.05) is 28.9 Å². The van der Waals surface area contributed by atoms with Gasteiger partial charge in [0.15, 0.2) is 0 Å². The fourth-order valence-corrected chi connectivity index (χ4v) is 5.17. The van der Waals surface area contributed by atoms with Crippen molar-refractivity contribution in [3.8, 4) is 22.2 Å². The van der Waals surface area contributed by atoms with Gasteiger partial charge in [0.2, 0.25) is 5.82 Å². The third-order valence-corrected chi connectivity index (χ3v) is 6.72. The number of nitrogens with one attached hydrogen (secondary N) is 1. The molecule has 0 unspecified atom stereocenters. The van der Waals surface area contributed by atoms with Gasteiger partial charge in [-0.2, -0.15) is 4.98 Å². The number of aryl methyl sites for hydroxylation is 1. The lowest BCUT2D eigenvalue weighted by atomic mass is 10.2. The number of benzene rings is 1. The van der Waals surface area contributed by atoms with Crippen LogP contribution >= 0.6 is 22.9 Å². The second-order valence-corrected chi connectivity index (χ2v) is 9.28. The number of nitrogens with zero attached hydrogens (tertiary/aromatic N) is 3. The number of hydrogen-bond donors (Lipinski definition) is 1. The van der Waals surface area contributed by atoms with Crippen LogP contribution in [0, 0.1) is 12.7 Å². The zero-order valence-corrected chi connectivity index (χ0v) is 17.1. The Morgan fingerprint density at radius 1 is 1.21 bits per heavy atom. The molecular formula is C18H12ClFN4O3S2. The van der Waals surface area contributed by atoms with Gasteiger partial charge < -0.3 is 4.52 Å². The van der Waals surface area contributed by atoms with E-state index in [1.807, 2.05) is 0 Å². The van der Waals surface area contributed by atoms with Crippen molar-refractivity contribution in [2.45, 2.75) is 11.8 Å². The fourth-order valence-electron chi connectivity index (χ4n) is 2.53. The summed E-state index contributed by atoms with van der Waals surface area (Å²) < 4.78 is 46.5. The number of sulfonamides is 1. The summed E-state index contributed by atoms with van der Waals surface area (Å²) in [5, 5.41) is 4.24. The van der Waals surface area contributed by atoms with Crippen molar-refractivity contribution in [2.24, 2.45) is 0 Å². The van der Waals surface area contributed by atoms with E-state index < -0.39 is 15.8 Å². The Morgan fingerprint density at radius 3 is 2.76 bits per heavy atom. The van der Waals surface area contributed by atoms with E-state index in [1.165, 1.54) is 53.9 Å². The van der Waals surface area contributed by atoms with Gasteiger partial charge in [0, 0.05) is 16.6 Å². The van der Waals surface area contributed by atoms with Gasteiger partial charge >= 0.3 is 0 Å². The van der Waals surface area contributed by atoms with Crippen molar-refractivity contribution in [1.82, 2.24) is 15.1 Å². The lowest BCUT2D eigenvalue weighted by Crippen LogP contribution is -2.13. The average Bonchev–Trinajstić information content (AvgIpc) is 3.31. The van der Waals surface area contributed by atoms with Crippen molar-refractivity contribution in [2.75, 3.05) is 4.72 Å². The second-order valence-electron chi connectivity index (χ2n) is 5.93. The fraction of sp³-hybridized carbons (Fsp3) is 0.0556. The smallest absolute Gasteiger partial charge is 0.268 e. The van der Waals surface area contributed by atoms with Crippen LogP contribution in [0.1, 0.15) is 4.88 Å². The van der Waals surface area contributed by atoms with E-state index >= 15 is 0 Å². The predicted octanol–water partition coefficient (Wildman–Crippen LogP) is 4.76. The molecule has 1 aromatic carbocycles. The summed E-state index contributed by atoms with van der Waals surface area (Å²) in [5.74, 6) is 0.0747. The highest BCUT2D eigenvalue weighted by molar-refractivity contribution is 7.93. The summed E-state index contributed by atoms with van der Waals surface area (Å²) in [6.07, 6.45) is 1.34. The molecular weight excluding hydrogens is 439 g/mol. The van der Waals surface area contributed by atoms with Crippen molar-refractivity contribution < 1.29 is 17.3 Å². The first kappa shape index (κ1) is 19.5. The van der Waals surface area contributed by atoms with Gasteiger partial charge in [-0.05, 0) is 37.3 Å².